The number of ketones is 1. The van der Waals surface area contributed by atoms with Gasteiger partial charge < -0.3 is 0 Å². The Kier molecular flexibility index (Phi) is 1.86. The van der Waals surface area contributed by atoms with E-state index in [2.05, 4.69) is 13.2 Å². The van der Waals surface area contributed by atoms with Crippen LogP contribution >= 0.6 is 0 Å². The molecule has 1 nitrogen and oxygen atoms in total. The van der Waals surface area contributed by atoms with Crippen LogP contribution in [-0.2, 0) is 4.79 Å². The van der Waals surface area contributed by atoms with E-state index < -0.39 is 0 Å². The van der Waals surface area contributed by atoms with Crippen molar-refractivity contribution in [3.63, 3.8) is 0 Å². The lowest BCUT2D eigenvalue weighted by molar-refractivity contribution is -0.117. The maximum atomic E-state index is 10.8. The van der Waals surface area contributed by atoms with Crippen molar-refractivity contribution in [2.45, 2.75) is 12.8 Å². The maximum absolute atomic E-state index is 10.8. The number of rotatable bonds is 2. The minimum Gasteiger partial charge on any atom is -0.299 e. The summed E-state index contributed by atoms with van der Waals surface area (Å²) in [5.41, 5.74) is 2.08. The molecule has 0 spiro atoms. The van der Waals surface area contributed by atoms with Gasteiger partial charge in [0.1, 0.15) is 5.78 Å². The number of carbonyl (C=O) groups is 1. The van der Waals surface area contributed by atoms with E-state index in [0.29, 0.717) is 12.8 Å². The summed E-state index contributed by atoms with van der Waals surface area (Å²) in [5.74, 6) is 0.268. The summed E-state index contributed by atoms with van der Waals surface area (Å²) in [7, 11) is 0. The first kappa shape index (κ1) is 7.00. The SMILES string of the molecule is C=CC1=C(C=C)CC(=O)C1. The first-order valence-electron chi connectivity index (χ1n) is 3.26. The number of Topliss-reactive ketones (excluding diaryl/α,β-unsaturated/α-hetero) is 1. The Bertz CT molecular complexity index is 199. The van der Waals surface area contributed by atoms with Crippen molar-refractivity contribution >= 4 is 5.78 Å². The van der Waals surface area contributed by atoms with Crippen molar-refractivity contribution in [2.24, 2.45) is 0 Å². The number of hydrogen-bond donors (Lipinski definition) is 0. The quantitative estimate of drug-likeness (QED) is 0.564. The number of carbonyl (C=O) groups excluding carboxylic acids is 1. The summed E-state index contributed by atoms with van der Waals surface area (Å²) >= 11 is 0. The van der Waals surface area contributed by atoms with Crippen LogP contribution in [0.5, 0.6) is 0 Å². The topological polar surface area (TPSA) is 17.1 Å². The van der Waals surface area contributed by atoms with Crippen LogP contribution in [0.4, 0.5) is 0 Å². The van der Waals surface area contributed by atoms with Gasteiger partial charge in [-0.15, -0.1) is 0 Å². The van der Waals surface area contributed by atoms with E-state index in [1.54, 1.807) is 12.2 Å². The Morgan fingerprint density at radius 3 is 1.80 bits per heavy atom. The molecule has 10 heavy (non-hydrogen) atoms. The third-order valence-electron chi connectivity index (χ3n) is 1.68. The van der Waals surface area contributed by atoms with E-state index in [1.807, 2.05) is 0 Å². The lowest BCUT2D eigenvalue weighted by atomic mass is 10.1. The zero-order valence-electron chi connectivity index (χ0n) is 5.89. The fourth-order valence-corrected chi connectivity index (χ4v) is 1.12. The van der Waals surface area contributed by atoms with E-state index >= 15 is 0 Å². The molecule has 0 bridgehead atoms. The van der Waals surface area contributed by atoms with Crippen molar-refractivity contribution in [3.8, 4) is 0 Å². The Morgan fingerprint density at radius 1 is 1.10 bits per heavy atom. The molecule has 0 saturated heterocycles. The minimum absolute atomic E-state index is 0.268. The monoisotopic (exact) mass is 134 g/mol. The second-order valence-electron chi connectivity index (χ2n) is 2.35. The van der Waals surface area contributed by atoms with Gasteiger partial charge >= 0.3 is 0 Å². The fraction of sp³-hybridized carbons (Fsp3) is 0.222. The van der Waals surface area contributed by atoms with Crippen molar-refractivity contribution in [2.75, 3.05) is 0 Å². The highest BCUT2D eigenvalue weighted by Gasteiger charge is 2.16. The van der Waals surface area contributed by atoms with E-state index in [1.165, 1.54) is 0 Å². The van der Waals surface area contributed by atoms with Gasteiger partial charge in [0.2, 0.25) is 0 Å². The molecule has 52 valence electrons. The summed E-state index contributed by atoms with van der Waals surface area (Å²) in [5, 5.41) is 0. The van der Waals surface area contributed by atoms with Crippen LogP contribution in [0.3, 0.4) is 0 Å². The molecule has 0 aromatic heterocycles. The van der Waals surface area contributed by atoms with Crippen molar-refractivity contribution in [3.05, 3.63) is 36.5 Å². The Balaban J connectivity index is 2.90. The third kappa shape index (κ3) is 1.08. The number of hydrogen-bond acceptors (Lipinski definition) is 1. The summed E-state index contributed by atoms with van der Waals surface area (Å²) < 4.78 is 0. The molecule has 0 aliphatic heterocycles. The zero-order valence-corrected chi connectivity index (χ0v) is 5.89. The van der Waals surface area contributed by atoms with Crippen molar-refractivity contribution < 1.29 is 4.79 Å². The first-order chi connectivity index (χ1) is 4.77. The predicted molar refractivity (Wildman–Crippen MR) is 41.7 cm³/mol. The molecule has 0 amide bonds. The molecule has 0 atom stereocenters. The molecule has 0 N–H and O–H groups in total. The first-order valence-corrected chi connectivity index (χ1v) is 3.26. The van der Waals surface area contributed by atoms with Gasteiger partial charge in [-0.2, -0.15) is 0 Å². The Morgan fingerprint density at radius 2 is 1.50 bits per heavy atom. The van der Waals surface area contributed by atoms with Crippen LogP contribution in [0.25, 0.3) is 0 Å². The molecule has 0 heterocycles. The molecular weight excluding hydrogens is 124 g/mol. The highest BCUT2D eigenvalue weighted by atomic mass is 16.1. The van der Waals surface area contributed by atoms with Crippen LogP contribution in [0.1, 0.15) is 12.8 Å². The molecule has 0 unspecified atom stereocenters. The second kappa shape index (κ2) is 2.65. The summed E-state index contributed by atoms with van der Waals surface area (Å²) in [6, 6.07) is 0. The van der Waals surface area contributed by atoms with Gasteiger partial charge in [0.05, 0.1) is 0 Å². The van der Waals surface area contributed by atoms with Gasteiger partial charge in [0, 0.05) is 12.8 Å². The smallest absolute Gasteiger partial charge is 0.141 e. The largest absolute Gasteiger partial charge is 0.299 e. The molecule has 1 rings (SSSR count). The van der Waals surface area contributed by atoms with Gasteiger partial charge in [-0.05, 0) is 11.1 Å². The van der Waals surface area contributed by atoms with Gasteiger partial charge in [0.15, 0.2) is 0 Å². The van der Waals surface area contributed by atoms with Gasteiger partial charge in [-0.1, -0.05) is 25.3 Å². The van der Waals surface area contributed by atoms with Crippen LogP contribution in [0, 0.1) is 0 Å². The average Bonchev–Trinajstić information content (AvgIpc) is 2.30. The van der Waals surface area contributed by atoms with E-state index in [4.69, 9.17) is 0 Å². The maximum Gasteiger partial charge on any atom is 0.141 e. The van der Waals surface area contributed by atoms with Crippen LogP contribution in [-0.4, -0.2) is 5.78 Å². The standard InChI is InChI=1S/C9H10O/c1-3-7-5-9(10)6-8(7)4-2/h3-4H,1-2,5-6H2. The molecular formula is C9H10O. The molecule has 1 aliphatic carbocycles. The van der Waals surface area contributed by atoms with Gasteiger partial charge in [0.25, 0.3) is 0 Å². The molecule has 0 fully saturated rings. The van der Waals surface area contributed by atoms with Crippen molar-refractivity contribution in [1.29, 1.82) is 0 Å². The third-order valence-corrected chi connectivity index (χ3v) is 1.68. The molecule has 1 aliphatic rings. The summed E-state index contributed by atoms with van der Waals surface area (Å²) in [4.78, 5) is 10.8. The van der Waals surface area contributed by atoms with Crippen molar-refractivity contribution in [1.82, 2.24) is 0 Å². The summed E-state index contributed by atoms with van der Waals surface area (Å²) in [6.07, 6.45) is 4.57. The van der Waals surface area contributed by atoms with Gasteiger partial charge in [-0.25, -0.2) is 0 Å². The predicted octanol–water partition coefficient (Wildman–Crippen LogP) is 2.02. The highest BCUT2D eigenvalue weighted by Crippen LogP contribution is 2.23. The van der Waals surface area contributed by atoms with Crippen LogP contribution < -0.4 is 0 Å². The number of allylic oxidation sites excluding steroid dienone is 4. The molecule has 1 heteroatoms. The lowest BCUT2D eigenvalue weighted by Crippen LogP contribution is -1.86. The highest BCUT2D eigenvalue weighted by molar-refractivity contribution is 5.88. The zero-order chi connectivity index (χ0) is 7.56. The second-order valence-corrected chi connectivity index (χ2v) is 2.35. The Hall–Kier alpha value is -1.11. The van der Waals surface area contributed by atoms with Crippen LogP contribution in [0.15, 0.2) is 36.5 Å². The molecule has 0 saturated carbocycles. The normalized spacial score (nSPS) is 17.8. The lowest BCUT2D eigenvalue weighted by Gasteiger charge is -1.90. The average molecular weight is 134 g/mol. The van der Waals surface area contributed by atoms with Gasteiger partial charge in [-0.3, -0.25) is 4.79 Å². The molecule has 0 aromatic carbocycles. The molecule has 0 radical (unpaired) electrons. The van der Waals surface area contributed by atoms with E-state index in [0.717, 1.165) is 11.1 Å². The fourth-order valence-electron chi connectivity index (χ4n) is 1.12. The Labute approximate surface area is 60.7 Å². The minimum atomic E-state index is 0.268. The summed E-state index contributed by atoms with van der Waals surface area (Å²) in [6.45, 7) is 7.23. The van der Waals surface area contributed by atoms with E-state index in [-0.39, 0.29) is 5.78 Å². The molecule has 0 aromatic rings. The van der Waals surface area contributed by atoms with Crippen LogP contribution in [0.2, 0.25) is 0 Å². The van der Waals surface area contributed by atoms with E-state index in [9.17, 15) is 4.79 Å².